The third-order valence-electron chi connectivity index (χ3n) is 5.38. The molecule has 4 rings (SSSR count). The van der Waals surface area contributed by atoms with Crippen LogP contribution in [0.4, 0.5) is 5.69 Å². The number of thiocarbonyl (C=S) groups is 1. The van der Waals surface area contributed by atoms with Gasteiger partial charge in [0, 0.05) is 36.4 Å². The largest absolute Gasteiger partial charge is 0.385 e. The van der Waals surface area contributed by atoms with E-state index in [1.807, 2.05) is 36.5 Å². The van der Waals surface area contributed by atoms with E-state index < -0.39 is 0 Å². The number of para-hydroxylation sites is 1. The Hall–Kier alpha value is -2.86. The Morgan fingerprint density at radius 3 is 2.59 bits per heavy atom. The predicted octanol–water partition coefficient (Wildman–Crippen LogP) is 4.50. The van der Waals surface area contributed by atoms with Crippen molar-refractivity contribution in [1.82, 2.24) is 20.2 Å². The van der Waals surface area contributed by atoms with Gasteiger partial charge in [-0.2, -0.15) is 0 Å². The third-order valence-corrected chi connectivity index (χ3v) is 5.74. The smallest absolute Gasteiger partial charge is 0.170 e. The highest BCUT2D eigenvalue weighted by atomic mass is 32.1. The second kappa shape index (κ2) is 8.66. The molecule has 0 unspecified atom stereocenters. The molecule has 5 nitrogen and oxygen atoms in total. The van der Waals surface area contributed by atoms with Crippen molar-refractivity contribution in [2.75, 3.05) is 18.4 Å². The van der Waals surface area contributed by atoms with Gasteiger partial charge in [0.25, 0.3) is 0 Å². The molecule has 6 heteroatoms. The number of H-pyrrole nitrogens is 1. The second-order valence-corrected chi connectivity index (χ2v) is 7.89. The summed E-state index contributed by atoms with van der Waals surface area (Å²) in [5.41, 5.74) is 5.80. The van der Waals surface area contributed by atoms with Gasteiger partial charge in [-0.1, -0.05) is 24.3 Å². The number of hydrogen-bond acceptors (Lipinski definition) is 3. The average Bonchev–Trinajstić information content (AvgIpc) is 3.24. The van der Waals surface area contributed by atoms with Crippen molar-refractivity contribution in [3.05, 3.63) is 83.4 Å². The molecule has 1 saturated heterocycles. The molecule has 1 aliphatic heterocycles. The van der Waals surface area contributed by atoms with E-state index in [1.54, 1.807) is 0 Å². The van der Waals surface area contributed by atoms with Crippen molar-refractivity contribution in [3.8, 4) is 0 Å². The first kappa shape index (κ1) is 19.5. The Kier molecular flexibility index (Phi) is 5.81. The van der Waals surface area contributed by atoms with Crippen molar-refractivity contribution >= 4 is 23.0 Å². The normalized spacial score (nSPS) is 18.7. The number of hydrogen-bond donors (Lipinski definition) is 3. The molecular weight excluding hydrogens is 378 g/mol. The average molecular weight is 406 g/mol. The van der Waals surface area contributed by atoms with Gasteiger partial charge in [-0.05, 0) is 68.4 Å². The lowest BCUT2D eigenvalue weighted by Gasteiger charge is -2.28. The summed E-state index contributed by atoms with van der Waals surface area (Å²) in [7, 11) is 0. The summed E-state index contributed by atoms with van der Waals surface area (Å²) >= 11 is 5.74. The number of aryl methyl sites for hydroxylation is 2. The van der Waals surface area contributed by atoms with Crippen LogP contribution in [0.15, 0.2) is 60.8 Å². The number of benzene rings is 1. The van der Waals surface area contributed by atoms with Gasteiger partial charge in [-0.3, -0.25) is 4.98 Å². The number of aromatic amines is 1. The van der Waals surface area contributed by atoms with Crippen LogP contribution in [-0.4, -0.2) is 33.1 Å². The minimum absolute atomic E-state index is 0.0414. The monoisotopic (exact) mass is 405 g/mol. The van der Waals surface area contributed by atoms with Crippen LogP contribution in [0, 0.1) is 13.8 Å². The molecule has 0 radical (unpaired) electrons. The first-order valence-electron chi connectivity index (χ1n) is 10.1. The van der Waals surface area contributed by atoms with Crippen LogP contribution in [0.3, 0.4) is 0 Å². The van der Waals surface area contributed by atoms with Crippen molar-refractivity contribution in [2.24, 2.45) is 0 Å². The van der Waals surface area contributed by atoms with E-state index in [0.717, 1.165) is 36.0 Å². The fourth-order valence-corrected chi connectivity index (χ4v) is 4.41. The summed E-state index contributed by atoms with van der Waals surface area (Å²) in [6.07, 6.45) is 2.84. The van der Waals surface area contributed by atoms with Gasteiger partial charge in [-0.15, -0.1) is 0 Å². The fourth-order valence-electron chi connectivity index (χ4n) is 4.08. The Morgan fingerprint density at radius 1 is 1.10 bits per heavy atom. The van der Waals surface area contributed by atoms with Crippen LogP contribution >= 0.6 is 12.2 Å². The van der Waals surface area contributed by atoms with Crippen LogP contribution in [0.25, 0.3) is 0 Å². The first-order chi connectivity index (χ1) is 14.1. The molecule has 1 aromatic carbocycles. The van der Waals surface area contributed by atoms with E-state index in [9.17, 15) is 0 Å². The van der Waals surface area contributed by atoms with E-state index in [2.05, 4.69) is 63.6 Å². The maximum atomic E-state index is 5.74. The van der Waals surface area contributed by atoms with Gasteiger partial charge in [0.05, 0.1) is 17.8 Å². The fraction of sp³-hybridized carbons (Fsp3) is 0.304. The van der Waals surface area contributed by atoms with E-state index in [-0.39, 0.29) is 12.1 Å². The second-order valence-electron chi connectivity index (χ2n) is 7.50. The Balaban J connectivity index is 1.52. The minimum atomic E-state index is 0.0414. The molecule has 3 aromatic rings. The van der Waals surface area contributed by atoms with Gasteiger partial charge < -0.3 is 20.5 Å². The molecule has 1 fully saturated rings. The molecule has 29 heavy (non-hydrogen) atoms. The van der Waals surface area contributed by atoms with Crippen molar-refractivity contribution in [1.29, 1.82) is 0 Å². The summed E-state index contributed by atoms with van der Waals surface area (Å²) in [5, 5.41) is 7.81. The van der Waals surface area contributed by atoms with Crippen LogP contribution in [-0.2, 0) is 0 Å². The summed E-state index contributed by atoms with van der Waals surface area (Å²) in [6.45, 7) is 6.01. The highest BCUT2D eigenvalue weighted by Crippen LogP contribution is 2.40. The zero-order chi connectivity index (χ0) is 20.2. The molecule has 2 aromatic heterocycles. The van der Waals surface area contributed by atoms with E-state index in [4.69, 9.17) is 12.2 Å². The SMILES string of the molecule is Cc1cc([C@H]2[C@@H](c3ccccn3)NC(=S)N2CCCNc2ccccc2)c(C)[nH]1. The molecule has 0 amide bonds. The maximum Gasteiger partial charge on any atom is 0.170 e. The standard InChI is InChI=1S/C23H27N5S/c1-16-15-19(17(2)26-16)22-21(20-11-6-7-12-25-20)27-23(29)28(22)14-8-13-24-18-9-4-3-5-10-18/h3-7,9-12,15,21-22,24,26H,8,13-14H2,1-2H3,(H,27,29)/t21-,22+/m1/s1. The summed E-state index contributed by atoms with van der Waals surface area (Å²) < 4.78 is 0. The quantitative estimate of drug-likeness (QED) is 0.399. The number of pyridine rings is 1. The molecule has 0 aliphatic carbocycles. The van der Waals surface area contributed by atoms with Crippen LogP contribution in [0.2, 0.25) is 0 Å². The van der Waals surface area contributed by atoms with Crippen molar-refractivity contribution in [3.63, 3.8) is 0 Å². The third kappa shape index (κ3) is 4.27. The van der Waals surface area contributed by atoms with E-state index in [0.29, 0.717) is 0 Å². The number of rotatable bonds is 7. The summed E-state index contributed by atoms with van der Waals surface area (Å²) in [4.78, 5) is 10.4. The van der Waals surface area contributed by atoms with Gasteiger partial charge in [0.1, 0.15) is 0 Å². The van der Waals surface area contributed by atoms with Crippen LogP contribution in [0.5, 0.6) is 0 Å². The maximum absolute atomic E-state index is 5.74. The summed E-state index contributed by atoms with van der Waals surface area (Å²) in [5.74, 6) is 0. The molecule has 2 atom stereocenters. The minimum Gasteiger partial charge on any atom is -0.385 e. The highest BCUT2D eigenvalue weighted by Gasteiger charge is 2.40. The lowest BCUT2D eigenvalue weighted by molar-refractivity contribution is 0.315. The predicted molar refractivity (Wildman–Crippen MR) is 122 cm³/mol. The number of anilines is 1. The van der Waals surface area contributed by atoms with Crippen LogP contribution in [0.1, 0.15) is 41.1 Å². The van der Waals surface area contributed by atoms with Gasteiger partial charge >= 0.3 is 0 Å². The first-order valence-corrected chi connectivity index (χ1v) is 10.5. The molecule has 150 valence electrons. The van der Waals surface area contributed by atoms with E-state index in [1.165, 1.54) is 17.0 Å². The van der Waals surface area contributed by atoms with Crippen molar-refractivity contribution in [2.45, 2.75) is 32.4 Å². The molecule has 1 aliphatic rings. The number of nitrogens with one attached hydrogen (secondary N) is 3. The van der Waals surface area contributed by atoms with Crippen LogP contribution < -0.4 is 10.6 Å². The topological polar surface area (TPSA) is 56.0 Å². The molecule has 0 bridgehead atoms. The Labute approximate surface area is 177 Å². The number of nitrogens with zero attached hydrogens (tertiary/aromatic N) is 2. The van der Waals surface area contributed by atoms with Gasteiger partial charge in [0.15, 0.2) is 5.11 Å². The molecule has 3 N–H and O–H groups in total. The zero-order valence-corrected chi connectivity index (χ0v) is 17.7. The lowest BCUT2D eigenvalue weighted by Crippen LogP contribution is -2.31. The van der Waals surface area contributed by atoms with Gasteiger partial charge in [0.2, 0.25) is 0 Å². The lowest BCUT2D eigenvalue weighted by atomic mass is 9.96. The molecular formula is C23H27N5S. The Morgan fingerprint density at radius 2 is 1.90 bits per heavy atom. The highest BCUT2D eigenvalue weighted by molar-refractivity contribution is 7.80. The molecule has 3 heterocycles. The van der Waals surface area contributed by atoms with Gasteiger partial charge in [-0.25, -0.2) is 0 Å². The van der Waals surface area contributed by atoms with Crippen molar-refractivity contribution < 1.29 is 0 Å². The number of aromatic nitrogens is 2. The zero-order valence-electron chi connectivity index (χ0n) is 16.9. The molecule has 0 saturated carbocycles. The summed E-state index contributed by atoms with van der Waals surface area (Å²) in [6, 6.07) is 18.8. The van der Waals surface area contributed by atoms with E-state index >= 15 is 0 Å². The molecule has 0 spiro atoms. The Bertz CT molecular complexity index is 954.